The number of nitriles is 1. The molecule has 7 heteroatoms. The number of benzene rings is 1. The van der Waals surface area contributed by atoms with Crippen LogP contribution in [0.25, 0.3) is 0 Å². The van der Waals surface area contributed by atoms with Crippen LogP contribution in [0.4, 0.5) is 5.69 Å². The SMILES string of the molecule is N#Cc1ccccc1NC(=O)CCSc1nnc(C2CCCCC2)o1. The Morgan fingerprint density at radius 3 is 2.88 bits per heavy atom. The van der Waals surface area contributed by atoms with Gasteiger partial charge in [0.25, 0.3) is 5.22 Å². The molecule has 0 aliphatic heterocycles. The molecule has 1 aromatic carbocycles. The summed E-state index contributed by atoms with van der Waals surface area (Å²) in [5.41, 5.74) is 0.995. The van der Waals surface area contributed by atoms with Crippen molar-refractivity contribution in [3.63, 3.8) is 0 Å². The smallest absolute Gasteiger partial charge is 0.276 e. The summed E-state index contributed by atoms with van der Waals surface area (Å²) in [5.74, 6) is 1.53. The molecule has 0 bridgehead atoms. The largest absolute Gasteiger partial charge is 0.416 e. The molecule has 1 heterocycles. The van der Waals surface area contributed by atoms with Crippen LogP contribution < -0.4 is 5.32 Å². The average Bonchev–Trinajstić information content (AvgIpc) is 3.12. The van der Waals surface area contributed by atoms with Crippen LogP contribution in [-0.4, -0.2) is 21.9 Å². The minimum atomic E-state index is -0.137. The van der Waals surface area contributed by atoms with Gasteiger partial charge in [-0.25, -0.2) is 0 Å². The number of nitrogens with one attached hydrogen (secondary N) is 1. The van der Waals surface area contributed by atoms with Crippen LogP contribution in [0.5, 0.6) is 0 Å². The molecule has 1 fully saturated rings. The number of anilines is 1. The maximum Gasteiger partial charge on any atom is 0.276 e. The van der Waals surface area contributed by atoms with Crippen molar-refractivity contribution in [3.8, 4) is 6.07 Å². The number of hydrogen-bond acceptors (Lipinski definition) is 6. The maximum atomic E-state index is 12.0. The van der Waals surface area contributed by atoms with Crippen LogP contribution in [0.3, 0.4) is 0 Å². The van der Waals surface area contributed by atoms with Crippen molar-refractivity contribution in [2.45, 2.75) is 49.7 Å². The molecule has 0 unspecified atom stereocenters. The van der Waals surface area contributed by atoms with Crippen LogP contribution in [0.2, 0.25) is 0 Å². The lowest BCUT2D eigenvalue weighted by molar-refractivity contribution is -0.115. The van der Waals surface area contributed by atoms with E-state index in [9.17, 15) is 4.79 Å². The van der Waals surface area contributed by atoms with Gasteiger partial charge < -0.3 is 9.73 Å². The Kier molecular flexibility index (Phi) is 6.07. The summed E-state index contributed by atoms with van der Waals surface area (Å²) >= 11 is 1.39. The fourth-order valence-corrected chi connectivity index (χ4v) is 3.63. The van der Waals surface area contributed by atoms with Gasteiger partial charge in [0.15, 0.2) is 0 Å². The fraction of sp³-hybridized carbons (Fsp3) is 0.444. The molecule has 0 saturated heterocycles. The van der Waals surface area contributed by atoms with E-state index in [0.29, 0.717) is 34.6 Å². The number of para-hydroxylation sites is 1. The highest BCUT2D eigenvalue weighted by Gasteiger charge is 2.21. The van der Waals surface area contributed by atoms with Gasteiger partial charge in [0.1, 0.15) is 6.07 Å². The van der Waals surface area contributed by atoms with Crippen molar-refractivity contribution in [2.24, 2.45) is 0 Å². The highest BCUT2D eigenvalue weighted by Crippen LogP contribution is 2.33. The van der Waals surface area contributed by atoms with Crippen molar-refractivity contribution >= 4 is 23.4 Å². The second-order valence-electron chi connectivity index (χ2n) is 6.05. The summed E-state index contributed by atoms with van der Waals surface area (Å²) in [7, 11) is 0. The zero-order chi connectivity index (χ0) is 17.5. The minimum Gasteiger partial charge on any atom is -0.416 e. The molecule has 130 valence electrons. The first-order chi connectivity index (χ1) is 12.3. The number of thioether (sulfide) groups is 1. The third kappa shape index (κ3) is 4.83. The molecule has 2 aromatic rings. The predicted molar refractivity (Wildman–Crippen MR) is 95.3 cm³/mol. The minimum absolute atomic E-state index is 0.137. The normalized spacial score (nSPS) is 14.8. The monoisotopic (exact) mass is 356 g/mol. The molecule has 1 amide bonds. The molecule has 1 aromatic heterocycles. The van der Waals surface area contributed by atoms with Crippen LogP contribution in [0, 0.1) is 11.3 Å². The standard InChI is InChI=1S/C18H20N4O2S/c19-12-14-8-4-5-9-15(14)20-16(23)10-11-25-18-22-21-17(24-18)13-6-2-1-3-7-13/h4-5,8-9,13H,1-3,6-7,10-11H2,(H,20,23). The first kappa shape index (κ1) is 17.5. The Bertz CT molecular complexity index is 762. The summed E-state index contributed by atoms with van der Waals surface area (Å²) in [6.45, 7) is 0. The van der Waals surface area contributed by atoms with Gasteiger partial charge >= 0.3 is 0 Å². The van der Waals surface area contributed by atoms with Crippen LogP contribution >= 0.6 is 11.8 Å². The zero-order valence-corrected chi connectivity index (χ0v) is 14.7. The van der Waals surface area contributed by atoms with Gasteiger partial charge in [-0.1, -0.05) is 43.2 Å². The lowest BCUT2D eigenvalue weighted by atomic mass is 9.89. The third-order valence-electron chi connectivity index (χ3n) is 4.25. The van der Waals surface area contributed by atoms with Crippen molar-refractivity contribution in [1.29, 1.82) is 5.26 Å². The summed E-state index contributed by atoms with van der Waals surface area (Å²) in [6.07, 6.45) is 6.28. The Labute approximate surface area is 151 Å². The van der Waals surface area contributed by atoms with E-state index >= 15 is 0 Å². The lowest BCUT2D eigenvalue weighted by Crippen LogP contribution is -2.13. The molecule has 0 spiro atoms. The molecule has 0 atom stereocenters. The molecule has 6 nitrogen and oxygen atoms in total. The first-order valence-electron chi connectivity index (χ1n) is 8.51. The predicted octanol–water partition coefficient (Wildman–Crippen LogP) is 4.11. The van der Waals surface area contributed by atoms with Crippen molar-refractivity contribution in [3.05, 3.63) is 35.7 Å². The number of rotatable bonds is 6. The molecule has 1 aliphatic rings. The van der Waals surface area contributed by atoms with Crippen molar-refractivity contribution in [2.75, 3.05) is 11.1 Å². The van der Waals surface area contributed by atoms with Crippen LogP contribution in [0.15, 0.2) is 33.9 Å². The maximum absolute atomic E-state index is 12.0. The number of carbonyl (C=O) groups is 1. The molecular weight excluding hydrogens is 336 g/mol. The van der Waals surface area contributed by atoms with Gasteiger partial charge in [-0.15, -0.1) is 10.2 Å². The van der Waals surface area contributed by atoms with E-state index in [1.54, 1.807) is 24.3 Å². The van der Waals surface area contributed by atoms with E-state index in [0.717, 1.165) is 18.7 Å². The number of nitrogens with zero attached hydrogens (tertiary/aromatic N) is 3. The first-order valence-corrected chi connectivity index (χ1v) is 9.50. The van der Waals surface area contributed by atoms with E-state index in [1.165, 1.54) is 31.0 Å². The second kappa shape index (κ2) is 8.67. The van der Waals surface area contributed by atoms with Gasteiger partial charge in [0.2, 0.25) is 11.8 Å². The number of aromatic nitrogens is 2. The Balaban J connectivity index is 1.45. The zero-order valence-electron chi connectivity index (χ0n) is 13.9. The van der Waals surface area contributed by atoms with Crippen molar-refractivity contribution in [1.82, 2.24) is 10.2 Å². The number of carbonyl (C=O) groups excluding carboxylic acids is 1. The van der Waals surface area contributed by atoms with Gasteiger partial charge in [-0.3, -0.25) is 4.79 Å². The summed E-state index contributed by atoms with van der Waals surface area (Å²) in [4.78, 5) is 12.0. The van der Waals surface area contributed by atoms with E-state index in [4.69, 9.17) is 9.68 Å². The van der Waals surface area contributed by atoms with E-state index in [2.05, 4.69) is 21.6 Å². The van der Waals surface area contributed by atoms with Gasteiger partial charge in [-0.2, -0.15) is 5.26 Å². The van der Waals surface area contributed by atoms with Crippen LogP contribution in [0.1, 0.15) is 55.9 Å². The summed E-state index contributed by atoms with van der Waals surface area (Å²) < 4.78 is 5.73. The van der Waals surface area contributed by atoms with E-state index in [1.807, 2.05) is 0 Å². The topological polar surface area (TPSA) is 91.8 Å². The van der Waals surface area contributed by atoms with Gasteiger partial charge in [-0.05, 0) is 25.0 Å². The molecular formula is C18H20N4O2S. The molecule has 25 heavy (non-hydrogen) atoms. The Morgan fingerprint density at radius 1 is 1.28 bits per heavy atom. The van der Waals surface area contributed by atoms with Gasteiger partial charge in [0, 0.05) is 18.1 Å². The highest BCUT2D eigenvalue weighted by molar-refractivity contribution is 7.99. The molecule has 1 N–H and O–H groups in total. The molecule has 1 saturated carbocycles. The third-order valence-corrected chi connectivity index (χ3v) is 5.07. The number of amides is 1. The van der Waals surface area contributed by atoms with Crippen molar-refractivity contribution < 1.29 is 9.21 Å². The molecule has 0 radical (unpaired) electrons. The quantitative estimate of drug-likeness (QED) is 0.783. The summed E-state index contributed by atoms with van der Waals surface area (Å²) in [5, 5.41) is 20.5. The average molecular weight is 356 g/mol. The fourth-order valence-electron chi connectivity index (χ4n) is 2.93. The Hall–Kier alpha value is -2.33. The van der Waals surface area contributed by atoms with Crippen LogP contribution in [-0.2, 0) is 4.79 Å². The van der Waals surface area contributed by atoms with E-state index < -0.39 is 0 Å². The Morgan fingerprint density at radius 2 is 2.08 bits per heavy atom. The second-order valence-corrected chi connectivity index (χ2v) is 7.09. The molecule has 3 rings (SSSR count). The lowest BCUT2D eigenvalue weighted by Gasteiger charge is -2.17. The highest BCUT2D eigenvalue weighted by atomic mass is 32.2. The number of hydrogen-bond donors (Lipinski definition) is 1. The van der Waals surface area contributed by atoms with Gasteiger partial charge in [0.05, 0.1) is 11.3 Å². The van der Waals surface area contributed by atoms with E-state index in [-0.39, 0.29) is 5.91 Å². The molecule has 1 aliphatic carbocycles. The summed E-state index contributed by atoms with van der Waals surface area (Å²) in [6, 6.07) is 9.02.